The zero-order valence-corrected chi connectivity index (χ0v) is 13.6. The number of rotatable bonds is 4. The highest BCUT2D eigenvalue weighted by atomic mass is 35.5. The molecule has 0 amide bonds. The minimum Gasteiger partial charge on any atom is -0.350 e. The van der Waals surface area contributed by atoms with Gasteiger partial charge in [-0.1, -0.05) is 23.7 Å². The normalized spacial score (nSPS) is 10.6. The lowest BCUT2D eigenvalue weighted by atomic mass is 10.2. The van der Waals surface area contributed by atoms with Crippen molar-refractivity contribution in [3.05, 3.63) is 64.9 Å². The molecule has 5 nitrogen and oxygen atoms in total. The molecule has 0 aliphatic heterocycles. The summed E-state index contributed by atoms with van der Waals surface area (Å²) in [5.74, 6) is 0.195. The Morgan fingerprint density at radius 1 is 1.17 bits per heavy atom. The predicted molar refractivity (Wildman–Crippen MR) is 90.5 cm³/mol. The molecule has 0 unspecified atom stereocenters. The highest BCUT2D eigenvalue weighted by Crippen LogP contribution is 2.20. The summed E-state index contributed by atoms with van der Waals surface area (Å²) in [5.41, 5.74) is 1.62. The van der Waals surface area contributed by atoms with Crippen molar-refractivity contribution in [3.8, 4) is 11.4 Å². The van der Waals surface area contributed by atoms with Crippen LogP contribution in [0.1, 0.15) is 17.3 Å². The second-order valence-electron chi connectivity index (χ2n) is 5.18. The molecule has 0 atom stereocenters. The van der Waals surface area contributed by atoms with Gasteiger partial charge in [0.2, 0.25) is 11.9 Å². The van der Waals surface area contributed by atoms with Gasteiger partial charge in [-0.2, -0.15) is 9.67 Å². The van der Waals surface area contributed by atoms with E-state index in [2.05, 4.69) is 15.4 Å². The summed E-state index contributed by atoms with van der Waals surface area (Å²) in [6, 6.07) is 13.1. The molecule has 0 bridgehead atoms. The van der Waals surface area contributed by atoms with Gasteiger partial charge in [-0.15, -0.1) is 5.10 Å². The Kier molecular flexibility index (Phi) is 4.57. The summed E-state index contributed by atoms with van der Waals surface area (Å²) in [6.07, 6.45) is 0. The average molecular weight is 345 g/mol. The van der Waals surface area contributed by atoms with Gasteiger partial charge in [0.1, 0.15) is 5.82 Å². The molecule has 0 spiro atoms. The lowest BCUT2D eigenvalue weighted by molar-refractivity contribution is 0.0924. The lowest BCUT2D eigenvalue weighted by Gasteiger charge is -2.05. The highest BCUT2D eigenvalue weighted by molar-refractivity contribution is 6.30. The van der Waals surface area contributed by atoms with E-state index in [1.165, 1.54) is 23.7 Å². The summed E-state index contributed by atoms with van der Waals surface area (Å²) in [4.78, 5) is 16.1. The topological polar surface area (TPSA) is 59.8 Å². The molecule has 0 aliphatic rings. The molecule has 2 aromatic carbocycles. The summed E-state index contributed by atoms with van der Waals surface area (Å²) >= 11 is 5.88. The number of hydrogen-bond acceptors (Lipinski definition) is 4. The van der Waals surface area contributed by atoms with E-state index >= 15 is 0 Å². The molecule has 0 saturated heterocycles. The van der Waals surface area contributed by atoms with Gasteiger partial charge in [-0.05, 0) is 42.0 Å². The number of hydrogen-bond donors (Lipinski definition) is 1. The molecule has 7 heteroatoms. The van der Waals surface area contributed by atoms with Crippen molar-refractivity contribution < 1.29 is 9.18 Å². The molecule has 122 valence electrons. The average Bonchev–Trinajstić information content (AvgIpc) is 2.99. The number of nitrogens with one attached hydrogen (secondary N) is 1. The lowest BCUT2D eigenvalue weighted by Crippen LogP contribution is -2.13. The third-order valence-corrected chi connectivity index (χ3v) is 3.62. The molecule has 3 rings (SSSR count). The Labute approximate surface area is 143 Å². The fraction of sp³-hybridized carbons (Fsp3) is 0.118. The van der Waals surface area contributed by atoms with Crippen LogP contribution in [-0.2, 0) is 6.54 Å². The predicted octanol–water partition coefficient (Wildman–Crippen LogP) is 4.01. The maximum atomic E-state index is 12.9. The van der Waals surface area contributed by atoms with E-state index in [0.717, 1.165) is 11.1 Å². The van der Waals surface area contributed by atoms with Crippen LogP contribution in [0.2, 0.25) is 5.02 Å². The number of aromatic nitrogens is 3. The first kappa shape index (κ1) is 16.1. The summed E-state index contributed by atoms with van der Waals surface area (Å²) in [7, 11) is 0. The molecule has 0 aliphatic carbocycles. The van der Waals surface area contributed by atoms with Gasteiger partial charge in [-0.3, -0.25) is 4.79 Å². The fourth-order valence-electron chi connectivity index (χ4n) is 2.15. The van der Waals surface area contributed by atoms with Gasteiger partial charge < -0.3 is 5.32 Å². The van der Waals surface area contributed by atoms with Crippen molar-refractivity contribution >= 4 is 23.5 Å². The van der Waals surface area contributed by atoms with Crippen LogP contribution < -0.4 is 5.32 Å². The van der Waals surface area contributed by atoms with Crippen molar-refractivity contribution in [3.63, 3.8) is 0 Å². The minimum absolute atomic E-state index is 0.260. The quantitative estimate of drug-likeness (QED) is 0.776. The fourth-order valence-corrected chi connectivity index (χ4v) is 2.28. The first-order chi connectivity index (χ1) is 11.5. The van der Waals surface area contributed by atoms with Crippen molar-refractivity contribution in [2.24, 2.45) is 0 Å². The maximum absolute atomic E-state index is 12.9. The van der Waals surface area contributed by atoms with Crippen LogP contribution >= 0.6 is 11.6 Å². The highest BCUT2D eigenvalue weighted by Gasteiger charge is 2.14. The molecule has 0 saturated carbocycles. The van der Waals surface area contributed by atoms with Crippen LogP contribution in [0, 0.1) is 5.82 Å². The molecular formula is C17H14ClFN4O. The Morgan fingerprint density at radius 2 is 1.83 bits per heavy atom. The monoisotopic (exact) mass is 344 g/mol. The maximum Gasteiger partial charge on any atom is 0.246 e. The van der Waals surface area contributed by atoms with E-state index < -0.39 is 0 Å². The van der Waals surface area contributed by atoms with Crippen molar-refractivity contribution in [1.29, 1.82) is 0 Å². The number of carbonyl (C=O) groups is 1. The second-order valence-corrected chi connectivity index (χ2v) is 5.61. The van der Waals surface area contributed by atoms with Gasteiger partial charge in [0.05, 0.1) is 0 Å². The molecule has 1 N–H and O–H groups in total. The largest absolute Gasteiger partial charge is 0.350 e. The number of carbonyl (C=O) groups excluding carboxylic acids is 1. The van der Waals surface area contributed by atoms with Gasteiger partial charge in [-0.25, -0.2) is 4.39 Å². The van der Waals surface area contributed by atoms with Crippen LogP contribution in [0.15, 0.2) is 48.5 Å². The van der Waals surface area contributed by atoms with E-state index in [0.29, 0.717) is 23.3 Å². The summed E-state index contributed by atoms with van der Waals surface area (Å²) in [5, 5.41) is 7.89. The summed E-state index contributed by atoms with van der Waals surface area (Å²) in [6.45, 7) is 1.80. The Balaban J connectivity index is 1.85. The first-order valence-corrected chi connectivity index (χ1v) is 7.63. The van der Waals surface area contributed by atoms with Crippen molar-refractivity contribution in [2.75, 3.05) is 5.32 Å². The van der Waals surface area contributed by atoms with E-state index in [4.69, 9.17) is 11.6 Å². The van der Waals surface area contributed by atoms with Crippen LogP contribution in [0.4, 0.5) is 10.3 Å². The number of benzene rings is 2. The smallest absolute Gasteiger partial charge is 0.246 e. The first-order valence-electron chi connectivity index (χ1n) is 7.25. The number of halogens is 2. The Morgan fingerprint density at radius 3 is 2.46 bits per heavy atom. The molecular weight excluding hydrogens is 331 g/mol. The zero-order valence-electron chi connectivity index (χ0n) is 12.8. The molecule has 3 aromatic rings. The van der Waals surface area contributed by atoms with E-state index in [-0.39, 0.29) is 11.7 Å². The van der Waals surface area contributed by atoms with E-state index in [9.17, 15) is 9.18 Å². The Bertz CT molecular complexity index is 859. The van der Waals surface area contributed by atoms with E-state index in [1.807, 2.05) is 0 Å². The van der Waals surface area contributed by atoms with Gasteiger partial charge in [0.15, 0.2) is 5.82 Å². The SMILES string of the molecule is CC(=O)n1nc(-c2ccc(Cl)cc2)nc1NCc1ccc(F)cc1. The number of anilines is 1. The molecule has 1 heterocycles. The van der Waals surface area contributed by atoms with Crippen LogP contribution in [0.5, 0.6) is 0 Å². The van der Waals surface area contributed by atoms with Crippen LogP contribution in [0.25, 0.3) is 11.4 Å². The summed E-state index contributed by atoms with van der Waals surface area (Å²) < 4.78 is 14.1. The van der Waals surface area contributed by atoms with Gasteiger partial charge in [0.25, 0.3) is 0 Å². The van der Waals surface area contributed by atoms with Crippen molar-refractivity contribution in [2.45, 2.75) is 13.5 Å². The van der Waals surface area contributed by atoms with Crippen LogP contribution in [-0.4, -0.2) is 20.7 Å². The second kappa shape index (κ2) is 6.80. The van der Waals surface area contributed by atoms with Gasteiger partial charge >= 0.3 is 0 Å². The molecule has 24 heavy (non-hydrogen) atoms. The third kappa shape index (κ3) is 3.60. The van der Waals surface area contributed by atoms with Gasteiger partial charge in [0, 0.05) is 24.1 Å². The van der Waals surface area contributed by atoms with Crippen molar-refractivity contribution in [1.82, 2.24) is 14.8 Å². The molecule has 1 aromatic heterocycles. The van der Waals surface area contributed by atoms with E-state index in [1.54, 1.807) is 36.4 Å². The molecule has 0 radical (unpaired) electrons. The minimum atomic E-state index is -0.296. The molecule has 0 fully saturated rings. The zero-order chi connectivity index (χ0) is 17.1. The van der Waals surface area contributed by atoms with Crippen LogP contribution in [0.3, 0.4) is 0 Å². The Hall–Kier alpha value is -2.73. The number of nitrogens with zero attached hydrogens (tertiary/aromatic N) is 3. The standard InChI is InChI=1S/C17H14ClFN4O/c1-11(24)23-17(20-10-12-2-8-15(19)9-3-12)21-16(22-23)13-4-6-14(18)7-5-13/h2-9H,10H2,1H3,(H,20,21,22). The third-order valence-electron chi connectivity index (χ3n) is 3.37.